The number of ether oxygens (including phenoxy) is 2. The number of oxime groups is 1. The molecule has 0 unspecified atom stereocenters. The molecule has 0 saturated carbocycles. The number of likely N-dealkylation sites (N-methyl/N-ethyl adjacent to an activating group) is 1. The third-order valence-corrected chi connectivity index (χ3v) is 5.16. The van der Waals surface area contributed by atoms with E-state index in [1.807, 2.05) is 49.4 Å². The predicted molar refractivity (Wildman–Crippen MR) is 123 cm³/mol. The minimum Gasteiger partial charge on any atom is -0.494 e. The molecule has 8 heteroatoms. The Bertz CT molecular complexity index is 895. The van der Waals surface area contributed by atoms with E-state index in [1.54, 1.807) is 11.9 Å². The van der Waals surface area contributed by atoms with Gasteiger partial charge >= 0.3 is 0 Å². The molecule has 0 spiro atoms. The van der Waals surface area contributed by atoms with Gasteiger partial charge in [0.25, 0.3) is 5.91 Å². The minimum absolute atomic E-state index is 0.179. The van der Waals surface area contributed by atoms with E-state index in [1.165, 1.54) is 0 Å². The van der Waals surface area contributed by atoms with Gasteiger partial charge in [0, 0.05) is 38.8 Å². The van der Waals surface area contributed by atoms with E-state index in [4.69, 9.17) is 20.0 Å². The van der Waals surface area contributed by atoms with Crippen LogP contribution < -0.4 is 10.5 Å². The van der Waals surface area contributed by atoms with Crippen LogP contribution in [0.3, 0.4) is 0 Å². The Morgan fingerprint density at radius 3 is 2.62 bits per heavy atom. The van der Waals surface area contributed by atoms with E-state index in [9.17, 15) is 4.79 Å². The van der Waals surface area contributed by atoms with Crippen molar-refractivity contribution in [3.8, 4) is 5.75 Å². The van der Waals surface area contributed by atoms with Gasteiger partial charge in [0.2, 0.25) is 0 Å². The molecule has 0 atom stereocenters. The van der Waals surface area contributed by atoms with Crippen molar-refractivity contribution in [1.29, 1.82) is 0 Å². The molecule has 1 fully saturated rings. The van der Waals surface area contributed by atoms with Crippen molar-refractivity contribution in [2.45, 2.75) is 20.0 Å². The Kier molecular flexibility index (Phi) is 8.89. The van der Waals surface area contributed by atoms with Gasteiger partial charge in [0.1, 0.15) is 5.75 Å². The molecule has 8 nitrogen and oxygen atoms in total. The summed E-state index contributed by atoms with van der Waals surface area (Å²) in [6.45, 7) is 7.05. The molecule has 2 aromatic rings. The number of rotatable bonds is 10. The quantitative estimate of drug-likeness (QED) is 0.346. The number of amides is 1. The number of hydrogen-bond donors (Lipinski definition) is 1. The lowest BCUT2D eigenvalue weighted by atomic mass is 10.1. The Labute approximate surface area is 189 Å². The fourth-order valence-electron chi connectivity index (χ4n) is 3.39. The molecule has 1 saturated heterocycles. The monoisotopic (exact) mass is 440 g/mol. The number of nitrogens with zero attached hydrogens (tertiary/aromatic N) is 3. The predicted octanol–water partition coefficient (Wildman–Crippen LogP) is 2.21. The zero-order valence-electron chi connectivity index (χ0n) is 18.8. The normalized spacial score (nSPS) is 14.8. The van der Waals surface area contributed by atoms with Gasteiger partial charge in [0.05, 0.1) is 19.8 Å². The third kappa shape index (κ3) is 7.25. The third-order valence-electron chi connectivity index (χ3n) is 5.16. The van der Waals surface area contributed by atoms with Gasteiger partial charge in [-0.05, 0) is 36.2 Å². The van der Waals surface area contributed by atoms with Crippen LogP contribution in [0.15, 0.2) is 53.7 Å². The van der Waals surface area contributed by atoms with Gasteiger partial charge in [-0.25, -0.2) is 0 Å². The van der Waals surface area contributed by atoms with Crippen molar-refractivity contribution < 1.29 is 19.1 Å². The second-order valence-corrected chi connectivity index (χ2v) is 7.67. The highest BCUT2D eigenvalue weighted by Crippen LogP contribution is 2.13. The van der Waals surface area contributed by atoms with Crippen LogP contribution in [0.5, 0.6) is 5.75 Å². The highest BCUT2D eigenvalue weighted by Gasteiger charge is 2.12. The number of benzene rings is 2. The molecule has 0 radical (unpaired) electrons. The summed E-state index contributed by atoms with van der Waals surface area (Å²) in [5.41, 5.74) is 9.00. The van der Waals surface area contributed by atoms with Crippen LogP contribution in [-0.2, 0) is 27.5 Å². The van der Waals surface area contributed by atoms with E-state index in [0.717, 1.165) is 55.3 Å². The summed E-state index contributed by atoms with van der Waals surface area (Å²) < 4.78 is 10.8. The highest BCUT2D eigenvalue weighted by molar-refractivity contribution is 5.97. The fourth-order valence-corrected chi connectivity index (χ4v) is 3.39. The zero-order valence-corrected chi connectivity index (χ0v) is 18.8. The number of morpholine rings is 1. The zero-order chi connectivity index (χ0) is 22.8. The lowest BCUT2D eigenvalue weighted by Gasteiger charge is -2.26. The average molecular weight is 441 g/mol. The largest absolute Gasteiger partial charge is 0.494 e. The topological polar surface area (TPSA) is 89.6 Å². The van der Waals surface area contributed by atoms with E-state index in [0.29, 0.717) is 13.2 Å². The molecule has 0 bridgehead atoms. The lowest BCUT2D eigenvalue weighted by molar-refractivity contribution is -0.135. The number of amidine groups is 1. The Hall–Kier alpha value is -3.10. The first-order valence-electron chi connectivity index (χ1n) is 10.9. The summed E-state index contributed by atoms with van der Waals surface area (Å²) in [6.07, 6.45) is 0. The highest BCUT2D eigenvalue weighted by atomic mass is 16.6. The molecule has 0 aliphatic carbocycles. The summed E-state index contributed by atoms with van der Waals surface area (Å²) in [5, 5.41) is 3.94. The molecular weight excluding hydrogens is 408 g/mol. The maximum Gasteiger partial charge on any atom is 0.263 e. The smallest absolute Gasteiger partial charge is 0.263 e. The lowest BCUT2D eigenvalue weighted by Crippen LogP contribution is -2.35. The molecule has 32 heavy (non-hydrogen) atoms. The van der Waals surface area contributed by atoms with Crippen LogP contribution in [-0.4, -0.2) is 68.1 Å². The SMILES string of the molecule is CCOc1ccc(CN(C)C(=O)CO/N=C(/N)c2cccc(CN3CCOCC3)c2)cc1. The summed E-state index contributed by atoms with van der Waals surface area (Å²) >= 11 is 0. The first-order chi connectivity index (χ1) is 15.5. The average Bonchev–Trinajstić information content (AvgIpc) is 2.81. The van der Waals surface area contributed by atoms with Gasteiger partial charge in [0.15, 0.2) is 12.4 Å². The maximum absolute atomic E-state index is 12.4. The van der Waals surface area contributed by atoms with Crippen LogP contribution in [0, 0.1) is 0 Å². The van der Waals surface area contributed by atoms with Crippen molar-refractivity contribution in [3.63, 3.8) is 0 Å². The second kappa shape index (κ2) is 12.1. The molecule has 2 N–H and O–H groups in total. The van der Waals surface area contributed by atoms with Gasteiger partial charge in [-0.3, -0.25) is 9.69 Å². The van der Waals surface area contributed by atoms with E-state index in [2.05, 4.69) is 16.1 Å². The Balaban J connectivity index is 1.47. The van der Waals surface area contributed by atoms with E-state index < -0.39 is 0 Å². The standard InChI is InChI=1S/C24H32N4O4/c1-3-31-22-9-7-19(8-10-22)16-27(2)23(29)18-32-26-24(25)21-6-4-5-20(15-21)17-28-11-13-30-14-12-28/h4-10,15H,3,11-14,16-18H2,1-2H3,(H2,25,26). The molecule has 0 aromatic heterocycles. The summed E-state index contributed by atoms with van der Waals surface area (Å²) in [4.78, 5) is 21.5. The molecule has 1 aliphatic rings. The van der Waals surface area contributed by atoms with Crippen LogP contribution >= 0.6 is 0 Å². The fraction of sp³-hybridized carbons (Fsp3) is 0.417. The van der Waals surface area contributed by atoms with E-state index >= 15 is 0 Å². The number of hydrogen-bond acceptors (Lipinski definition) is 6. The van der Waals surface area contributed by atoms with Crippen molar-refractivity contribution >= 4 is 11.7 Å². The molecule has 1 aliphatic heterocycles. The van der Waals surface area contributed by atoms with Crippen molar-refractivity contribution in [2.75, 3.05) is 46.6 Å². The van der Waals surface area contributed by atoms with Gasteiger partial charge in [-0.1, -0.05) is 35.5 Å². The maximum atomic E-state index is 12.4. The first kappa shape index (κ1) is 23.6. The first-order valence-corrected chi connectivity index (χ1v) is 10.9. The van der Waals surface area contributed by atoms with Crippen molar-refractivity contribution in [3.05, 3.63) is 65.2 Å². The number of carbonyl (C=O) groups excluding carboxylic acids is 1. The van der Waals surface area contributed by atoms with Gasteiger partial charge < -0.3 is 24.9 Å². The molecule has 172 valence electrons. The molecule has 1 heterocycles. The summed E-state index contributed by atoms with van der Waals surface area (Å²) in [7, 11) is 1.73. The van der Waals surface area contributed by atoms with Crippen molar-refractivity contribution in [1.82, 2.24) is 9.80 Å². The number of nitrogens with two attached hydrogens (primary N) is 1. The van der Waals surface area contributed by atoms with Crippen molar-refractivity contribution in [2.24, 2.45) is 10.9 Å². The van der Waals surface area contributed by atoms with Crippen LogP contribution in [0.25, 0.3) is 0 Å². The van der Waals surface area contributed by atoms with Gasteiger partial charge in [-0.15, -0.1) is 0 Å². The second-order valence-electron chi connectivity index (χ2n) is 7.67. The Morgan fingerprint density at radius 2 is 1.91 bits per heavy atom. The molecule has 2 aromatic carbocycles. The van der Waals surface area contributed by atoms with Crippen LogP contribution in [0.4, 0.5) is 0 Å². The molecular formula is C24H32N4O4. The minimum atomic E-state index is -0.184. The molecule has 3 rings (SSSR count). The van der Waals surface area contributed by atoms with Crippen LogP contribution in [0.1, 0.15) is 23.6 Å². The van der Waals surface area contributed by atoms with Crippen LogP contribution in [0.2, 0.25) is 0 Å². The summed E-state index contributed by atoms with van der Waals surface area (Å²) in [6, 6.07) is 15.6. The summed E-state index contributed by atoms with van der Waals surface area (Å²) in [5.74, 6) is 0.875. The van der Waals surface area contributed by atoms with Gasteiger partial charge in [-0.2, -0.15) is 0 Å². The number of carbonyl (C=O) groups is 1. The molecule has 1 amide bonds. The Morgan fingerprint density at radius 1 is 1.16 bits per heavy atom. The van der Waals surface area contributed by atoms with E-state index in [-0.39, 0.29) is 18.3 Å².